The highest BCUT2D eigenvalue weighted by Crippen LogP contribution is 2.22. The monoisotopic (exact) mass is 510 g/mol. The van der Waals surface area contributed by atoms with Crippen LogP contribution in [0.1, 0.15) is 26.7 Å². The van der Waals surface area contributed by atoms with Crippen molar-refractivity contribution in [2.24, 2.45) is 5.92 Å². The second kappa shape index (κ2) is 11.1. The van der Waals surface area contributed by atoms with Gasteiger partial charge in [-0.25, -0.2) is 23.2 Å². The molecule has 1 unspecified atom stereocenters. The summed E-state index contributed by atoms with van der Waals surface area (Å²) in [5.41, 5.74) is 1.35. The van der Waals surface area contributed by atoms with Gasteiger partial charge in [0.1, 0.15) is 12.2 Å². The lowest BCUT2D eigenvalue weighted by atomic mass is 10.2. The molecular weight excluding hydrogens is 472 g/mol. The number of nitrogens with zero attached hydrogens (tertiary/aromatic N) is 4. The summed E-state index contributed by atoms with van der Waals surface area (Å²) in [4.78, 5) is 21.3. The van der Waals surface area contributed by atoms with Gasteiger partial charge >= 0.3 is 6.03 Å². The second-order valence-corrected chi connectivity index (χ2v) is 18.1. The zero-order valence-corrected chi connectivity index (χ0v) is 22.7. The van der Waals surface area contributed by atoms with Crippen LogP contribution < -0.4 is 10.6 Å². The summed E-state index contributed by atoms with van der Waals surface area (Å²) >= 11 is 0. The summed E-state index contributed by atoms with van der Waals surface area (Å²) in [7, 11) is -4.46. The van der Waals surface area contributed by atoms with Gasteiger partial charge in [-0.05, 0) is 30.9 Å². The Kier molecular flexibility index (Phi) is 8.71. The molecular formula is C22H38N6O4SSi. The maximum atomic E-state index is 12.6. The lowest BCUT2D eigenvalue weighted by molar-refractivity contribution is 0.0899. The summed E-state index contributed by atoms with van der Waals surface area (Å²) in [6, 6.07) is 2.28. The van der Waals surface area contributed by atoms with Gasteiger partial charge in [0, 0.05) is 40.0 Å². The number of carbonyl (C=O) groups is 1. The van der Waals surface area contributed by atoms with Gasteiger partial charge in [0.05, 0.1) is 11.9 Å². The van der Waals surface area contributed by atoms with Gasteiger partial charge in [0.2, 0.25) is 10.0 Å². The van der Waals surface area contributed by atoms with E-state index in [1.807, 2.05) is 30.7 Å². The average molecular weight is 511 g/mol. The van der Waals surface area contributed by atoms with E-state index in [1.165, 1.54) is 10.5 Å². The third-order valence-electron chi connectivity index (χ3n) is 5.65. The van der Waals surface area contributed by atoms with E-state index in [2.05, 4.69) is 40.2 Å². The molecule has 0 bridgehead atoms. The smallest absolute Gasteiger partial charge is 0.320 e. The van der Waals surface area contributed by atoms with Crippen LogP contribution in [0.5, 0.6) is 0 Å². The van der Waals surface area contributed by atoms with Crippen molar-refractivity contribution < 1.29 is 17.9 Å². The minimum absolute atomic E-state index is 0.0579. The van der Waals surface area contributed by atoms with Gasteiger partial charge in [-0.1, -0.05) is 33.5 Å². The highest BCUT2D eigenvalue weighted by atomic mass is 32.2. The largest absolute Gasteiger partial charge is 0.361 e. The first-order valence-electron chi connectivity index (χ1n) is 11.9. The van der Waals surface area contributed by atoms with Crippen molar-refractivity contribution in [3.05, 3.63) is 18.5 Å². The number of anilines is 1. The Morgan fingerprint density at radius 1 is 1.32 bits per heavy atom. The van der Waals surface area contributed by atoms with Crippen molar-refractivity contribution in [1.29, 1.82) is 0 Å². The molecule has 0 aromatic carbocycles. The summed E-state index contributed by atoms with van der Waals surface area (Å²) in [6.07, 6.45) is 4.91. The Labute approximate surface area is 203 Å². The molecule has 0 saturated carbocycles. The van der Waals surface area contributed by atoms with Gasteiger partial charge < -0.3 is 14.6 Å². The van der Waals surface area contributed by atoms with Crippen LogP contribution in [0.4, 0.5) is 10.6 Å². The number of hydrogen-bond acceptors (Lipinski definition) is 6. The zero-order chi connectivity index (χ0) is 24.9. The molecule has 190 valence electrons. The lowest BCUT2D eigenvalue weighted by Gasteiger charge is -2.25. The molecule has 1 aliphatic heterocycles. The molecule has 2 amide bonds. The molecule has 1 fully saturated rings. The fourth-order valence-corrected chi connectivity index (χ4v) is 6.77. The number of carbonyl (C=O) groups excluding carboxylic acids is 1. The number of fused-ring (bicyclic) bond motifs is 1. The van der Waals surface area contributed by atoms with Crippen LogP contribution in [-0.4, -0.2) is 72.9 Å². The predicted molar refractivity (Wildman–Crippen MR) is 137 cm³/mol. The first-order valence-corrected chi connectivity index (χ1v) is 17.2. The van der Waals surface area contributed by atoms with Crippen LogP contribution in [0, 0.1) is 5.92 Å². The number of urea groups is 1. The molecule has 0 aliphatic carbocycles. The first kappa shape index (κ1) is 26.6. The SMILES string of the molecule is CC(C)CS(=O)(=O)N1CCCC1CNC(=O)Nc1cnc2c(ccn2COCC[Si](C)(C)C)n1. The van der Waals surface area contributed by atoms with E-state index in [0.717, 1.165) is 25.5 Å². The number of sulfonamides is 1. The van der Waals surface area contributed by atoms with Crippen molar-refractivity contribution in [2.45, 2.75) is 65.1 Å². The van der Waals surface area contributed by atoms with Gasteiger partial charge in [-0.15, -0.1) is 0 Å². The van der Waals surface area contributed by atoms with E-state index in [9.17, 15) is 13.2 Å². The molecule has 1 atom stereocenters. The lowest BCUT2D eigenvalue weighted by Crippen LogP contribution is -2.45. The standard InChI is InChI=1S/C22H38N6O4SSi/c1-17(2)15-33(30,31)28-9-6-7-18(28)13-24-22(29)26-20-14-23-21-19(25-20)8-10-27(21)16-32-11-12-34(3,4)5/h8,10,14,17-18H,6-7,9,11-13,15-16H2,1-5H3,(H2,24,25,26,29). The van der Waals surface area contributed by atoms with E-state index >= 15 is 0 Å². The Bertz CT molecular complexity index is 1080. The van der Waals surface area contributed by atoms with Gasteiger partial charge in [0.25, 0.3) is 0 Å². The van der Waals surface area contributed by atoms with Crippen molar-refractivity contribution >= 4 is 41.1 Å². The summed E-state index contributed by atoms with van der Waals surface area (Å²) in [5, 5.41) is 5.48. The van der Waals surface area contributed by atoms with Gasteiger partial charge in [-0.2, -0.15) is 4.31 Å². The van der Waals surface area contributed by atoms with E-state index in [0.29, 0.717) is 30.3 Å². The molecule has 3 heterocycles. The van der Waals surface area contributed by atoms with Crippen LogP contribution in [-0.2, 0) is 21.5 Å². The first-order chi connectivity index (χ1) is 15.9. The van der Waals surface area contributed by atoms with Crippen molar-refractivity contribution in [1.82, 2.24) is 24.2 Å². The number of hydrogen-bond donors (Lipinski definition) is 2. The normalized spacial score (nSPS) is 17.5. The number of aromatic nitrogens is 3. The topological polar surface area (TPSA) is 118 Å². The van der Waals surface area contributed by atoms with Crippen molar-refractivity contribution in [3.63, 3.8) is 0 Å². The van der Waals surface area contributed by atoms with Crippen molar-refractivity contribution in [3.8, 4) is 0 Å². The molecule has 1 aliphatic rings. The molecule has 2 aromatic rings. The van der Waals surface area contributed by atoms with Crippen LogP contribution in [0.15, 0.2) is 18.5 Å². The Morgan fingerprint density at radius 3 is 2.79 bits per heavy atom. The number of rotatable bonds is 11. The summed E-state index contributed by atoms with van der Waals surface area (Å²) in [5.74, 6) is 0.509. The quantitative estimate of drug-likeness (QED) is 0.354. The third-order valence-corrected chi connectivity index (χ3v) is 9.64. The second-order valence-electron chi connectivity index (χ2n) is 10.5. The maximum Gasteiger partial charge on any atom is 0.320 e. The molecule has 10 nitrogen and oxygen atoms in total. The maximum absolute atomic E-state index is 12.6. The molecule has 2 aromatic heterocycles. The zero-order valence-electron chi connectivity index (χ0n) is 20.9. The van der Waals surface area contributed by atoms with E-state index in [1.54, 1.807) is 0 Å². The fourth-order valence-electron chi connectivity index (χ4n) is 3.93. The number of ether oxygens (including phenoxy) is 1. The summed E-state index contributed by atoms with van der Waals surface area (Å²) in [6.45, 7) is 12.6. The fraction of sp³-hybridized carbons (Fsp3) is 0.682. The van der Waals surface area contributed by atoms with Gasteiger partial charge in [0.15, 0.2) is 11.5 Å². The molecule has 0 radical (unpaired) electrons. The molecule has 2 N–H and O–H groups in total. The molecule has 3 rings (SSSR count). The van der Waals surface area contributed by atoms with E-state index in [4.69, 9.17) is 4.74 Å². The Morgan fingerprint density at radius 2 is 2.09 bits per heavy atom. The summed E-state index contributed by atoms with van der Waals surface area (Å²) < 4.78 is 34.4. The molecule has 34 heavy (non-hydrogen) atoms. The number of amides is 2. The average Bonchev–Trinajstić information content (AvgIpc) is 3.35. The Hall–Kier alpha value is -2.02. The highest BCUT2D eigenvalue weighted by molar-refractivity contribution is 7.89. The predicted octanol–water partition coefficient (Wildman–Crippen LogP) is 3.32. The Balaban J connectivity index is 1.52. The molecule has 12 heteroatoms. The van der Waals surface area contributed by atoms with Crippen LogP contribution in [0.2, 0.25) is 25.7 Å². The highest BCUT2D eigenvalue weighted by Gasteiger charge is 2.34. The minimum Gasteiger partial charge on any atom is -0.361 e. The van der Waals surface area contributed by atoms with Gasteiger partial charge in [-0.3, -0.25) is 5.32 Å². The van der Waals surface area contributed by atoms with Crippen LogP contribution in [0.25, 0.3) is 11.2 Å². The van der Waals surface area contributed by atoms with E-state index in [-0.39, 0.29) is 24.3 Å². The molecule has 1 saturated heterocycles. The van der Waals surface area contributed by atoms with Crippen LogP contribution >= 0.6 is 0 Å². The van der Waals surface area contributed by atoms with Crippen molar-refractivity contribution in [2.75, 3.05) is 30.8 Å². The minimum atomic E-state index is -3.32. The third kappa shape index (κ3) is 7.49. The van der Waals surface area contributed by atoms with E-state index < -0.39 is 24.1 Å². The molecule has 0 spiro atoms. The van der Waals surface area contributed by atoms with Crippen LogP contribution in [0.3, 0.4) is 0 Å². The number of nitrogens with one attached hydrogen (secondary N) is 2.